The third-order valence-corrected chi connectivity index (χ3v) is 4.46. The summed E-state index contributed by atoms with van der Waals surface area (Å²) >= 11 is 0. The molecule has 6 nitrogen and oxygen atoms in total. The number of aromatic nitrogens is 2. The predicted molar refractivity (Wildman–Crippen MR) is 67.7 cm³/mol. The third-order valence-electron chi connectivity index (χ3n) is 4.46. The summed E-state index contributed by atoms with van der Waals surface area (Å²) in [5.41, 5.74) is 1.99. The molecular formula is C14H14N2O4. The molecule has 4 heterocycles. The molecule has 2 aromatic rings. The Morgan fingerprint density at radius 2 is 2.25 bits per heavy atom. The van der Waals surface area contributed by atoms with Gasteiger partial charge in [0, 0.05) is 6.42 Å². The molecule has 6 heteroatoms. The molecule has 1 aromatic heterocycles. The van der Waals surface area contributed by atoms with E-state index in [4.69, 9.17) is 14.2 Å². The van der Waals surface area contributed by atoms with Gasteiger partial charge in [0.15, 0.2) is 0 Å². The maximum absolute atomic E-state index is 10.6. The Morgan fingerprint density at radius 1 is 1.35 bits per heavy atom. The molecule has 0 saturated carbocycles. The van der Waals surface area contributed by atoms with E-state index in [2.05, 4.69) is 9.55 Å². The molecule has 0 amide bonds. The molecule has 0 spiro atoms. The lowest BCUT2D eigenvalue weighted by Crippen LogP contribution is -2.50. The lowest BCUT2D eigenvalue weighted by Gasteiger charge is -2.38. The number of aliphatic hydroxyl groups is 1. The van der Waals surface area contributed by atoms with E-state index in [9.17, 15) is 5.11 Å². The monoisotopic (exact) mass is 274 g/mol. The van der Waals surface area contributed by atoms with Crippen LogP contribution < -0.4 is 0 Å². The molecule has 3 aliphatic heterocycles. The number of hydrogen-bond acceptors (Lipinski definition) is 5. The summed E-state index contributed by atoms with van der Waals surface area (Å²) < 4.78 is 19.1. The van der Waals surface area contributed by atoms with Crippen molar-refractivity contribution in [1.29, 1.82) is 0 Å². The van der Waals surface area contributed by atoms with Gasteiger partial charge in [-0.3, -0.25) is 0 Å². The molecule has 4 bridgehead atoms. The highest BCUT2D eigenvalue weighted by Crippen LogP contribution is 2.45. The molecule has 0 aliphatic carbocycles. The second-order valence-electron chi connectivity index (χ2n) is 5.63. The maximum Gasteiger partial charge on any atom is 0.220 e. The van der Waals surface area contributed by atoms with Gasteiger partial charge in [0.1, 0.15) is 18.5 Å². The van der Waals surface area contributed by atoms with E-state index in [1.165, 1.54) is 0 Å². The fourth-order valence-electron chi connectivity index (χ4n) is 3.53. The van der Waals surface area contributed by atoms with Crippen LogP contribution in [0.2, 0.25) is 0 Å². The summed E-state index contributed by atoms with van der Waals surface area (Å²) in [5, 5.41) is 10.6. The van der Waals surface area contributed by atoms with Crippen molar-refractivity contribution in [2.24, 2.45) is 0 Å². The van der Waals surface area contributed by atoms with E-state index >= 15 is 0 Å². The van der Waals surface area contributed by atoms with E-state index in [1.54, 1.807) is 0 Å². The van der Waals surface area contributed by atoms with E-state index in [0.29, 0.717) is 13.0 Å². The van der Waals surface area contributed by atoms with Gasteiger partial charge in [0.25, 0.3) is 0 Å². The van der Waals surface area contributed by atoms with Crippen LogP contribution in [0.4, 0.5) is 0 Å². The Hall–Kier alpha value is -1.47. The molecule has 5 rings (SSSR count). The molecule has 0 unspecified atom stereocenters. The first kappa shape index (κ1) is 11.2. The van der Waals surface area contributed by atoms with Crippen LogP contribution in [0.5, 0.6) is 0 Å². The van der Waals surface area contributed by atoms with Crippen molar-refractivity contribution in [1.82, 2.24) is 9.55 Å². The second-order valence-corrected chi connectivity index (χ2v) is 5.63. The van der Waals surface area contributed by atoms with Gasteiger partial charge in [-0.05, 0) is 12.1 Å². The zero-order valence-electron chi connectivity index (χ0n) is 10.7. The van der Waals surface area contributed by atoms with E-state index in [0.717, 1.165) is 16.9 Å². The molecule has 0 radical (unpaired) electrons. The molecule has 2 fully saturated rings. The summed E-state index contributed by atoms with van der Waals surface area (Å²) in [7, 11) is 0. The van der Waals surface area contributed by atoms with Gasteiger partial charge in [-0.15, -0.1) is 0 Å². The predicted octanol–water partition coefficient (Wildman–Crippen LogP) is 0.941. The number of benzene rings is 1. The van der Waals surface area contributed by atoms with Gasteiger partial charge in [-0.25, -0.2) is 4.98 Å². The topological polar surface area (TPSA) is 65.7 Å². The number of fused-ring (bicyclic) bond motifs is 10. The van der Waals surface area contributed by atoms with Crippen LogP contribution >= 0.6 is 0 Å². The highest BCUT2D eigenvalue weighted by atomic mass is 16.8. The van der Waals surface area contributed by atoms with Gasteiger partial charge in [-0.1, -0.05) is 12.1 Å². The number of imidazole rings is 1. The SMILES string of the molecule is O[C@@]12C[C@@H]([C@H]3CO[C@@H]1O3)n1c(nc3ccccc31)CO2. The van der Waals surface area contributed by atoms with Crippen LogP contribution in [-0.2, 0) is 20.8 Å². The third kappa shape index (κ3) is 1.29. The first-order chi connectivity index (χ1) is 9.74. The maximum atomic E-state index is 10.6. The molecule has 20 heavy (non-hydrogen) atoms. The molecule has 104 valence electrons. The van der Waals surface area contributed by atoms with Gasteiger partial charge in [0.2, 0.25) is 12.1 Å². The van der Waals surface area contributed by atoms with Gasteiger partial charge < -0.3 is 23.9 Å². The molecule has 1 N–H and O–H groups in total. The molecule has 1 aromatic carbocycles. The lowest BCUT2D eigenvalue weighted by molar-refractivity contribution is -0.334. The van der Waals surface area contributed by atoms with Crippen LogP contribution in [0.3, 0.4) is 0 Å². The Morgan fingerprint density at radius 3 is 3.20 bits per heavy atom. The summed E-state index contributed by atoms with van der Waals surface area (Å²) in [5.74, 6) is -0.539. The first-order valence-corrected chi connectivity index (χ1v) is 6.84. The highest BCUT2D eigenvalue weighted by Gasteiger charge is 2.56. The number of rotatable bonds is 0. The van der Waals surface area contributed by atoms with Crippen molar-refractivity contribution >= 4 is 11.0 Å². The average Bonchev–Trinajstić information content (AvgIpc) is 3.03. The largest absolute Gasteiger partial charge is 0.361 e. The second kappa shape index (κ2) is 3.59. The van der Waals surface area contributed by atoms with Crippen molar-refractivity contribution in [2.45, 2.75) is 37.3 Å². The van der Waals surface area contributed by atoms with Crippen LogP contribution in [0.1, 0.15) is 18.3 Å². The molecule has 3 aliphatic rings. The van der Waals surface area contributed by atoms with Crippen molar-refractivity contribution in [3.8, 4) is 0 Å². The number of ether oxygens (including phenoxy) is 3. The first-order valence-electron chi connectivity index (χ1n) is 6.84. The molecule has 2 saturated heterocycles. The Balaban J connectivity index is 1.75. The minimum absolute atomic E-state index is 0.0105. The van der Waals surface area contributed by atoms with E-state index < -0.39 is 12.1 Å². The smallest absolute Gasteiger partial charge is 0.220 e. The van der Waals surface area contributed by atoms with Gasteiger partial charge >= 0.3 is 0 Å². The fraction of sp³-hybridized carbons (Fsp3) is 0.500. The van der Waals surface area contributed by atoms with Crippen LogP contribution in [-0.4, -0.2) is 39.4 Å². The lowest BCUT2D eigenvalue weighted by atomic mass is 9.98. The molecular weight excluding hydrogens is 260 g/mol. The average molecular weight is 274 g/mol. The standard InChI is InChI=1S/C14H14N2O4/c17-14-5-10(11-6-18-13(14)20-11)16-9-4-2-1-3-8(9)15-12(16)7-19-14/h1-4,10-11,13,17H,5-7H2/t10-,11+,13+,14+/m0/s1. The van der Waals surface area contributed by atoms with Crippen molar-refractivity contribution in [3.63, 3.8) is 0 Å². The molecule has 4 atom stereocenters. The summed E-state index contributed by atoms with van der Waals surface area (Å²) in [6.45, 7) is 0.741. The Kier molecular flexibility index (Phi) is 2.01. The zero-order valence-corrected chi connectivity index (χ0v) is 10.7. The number of hydrogen-bond donors (Lipinski definition) is 1. The van der Waals surface area contributed by atoms with Gasteiger partial charge in [0.05, 0.1) is 23.7 Å². The van der Waals surface area contributed by atoms with Crippen LogP contribution in [0.15, 0.2) is 24.3 Å². The normalized spacial score (nSPS) is 38.8. The van der Waals surface area contributed by atoms with Crippen molar-refractivity contribution < 1.29 is 19.3 Å². The van der Waals surface area contributed by atoms with Crippen LogP contribution in [0.25, 0.3) is 11.0 Å². The number of para-hydroxylation sites is 2. The van der Waals surface area contributed by atoms with E-state index in [-0.39, 0.29) is 18.8 Å². The minimum Gasteiger partial charge on any atom is -0.361 e. The number of nitrogens with zero attached hydrogens (tertiary/aromatic N) is 2. The van der Waals surface area contributed by atoms with Crippen molar-refractivity contribution in [3.05, 3.63) is 30.1 Å². The fourth-order valence-corrected chi connectivity index (χ4v) is 3.53. The quantitative estimate of drug-likeness (QED) is 0.774. The van der Waals surface area contributed by atoms with Crippen molar-refractivity contribution in [2.75, 3.05) is 6.61 Å². The van der Waals surface area contributed by atoms with Gasteiger partial charge in [-0.2, -0.15) is 0 Å². The summed E-state index contributed by atoms with van der Waals surface area (Å²) in [4.78, 5) is 4.62. The van der Waals surface area contributed by atoms with E-state index in [1.807, 2.05) is 24.3 Å². The zero-order chi connectivity index (χ0) is 13.3. The Bertz CT molecular complexity index is 700. The minimum atomic E-state index is -1.38. The van der Waals surface area contributed by atoms with Crippen LogP contribution in [0, 0.1) is 0 Å². The summed E-state index contributed by atoms with van der Waals surface area (Å²) in [6.07, 6.45) is -0.270. The highest BCUT2D eigenvalue weighted by molar-refractivity contribution is 5.76. The summed E-state index contributed by atoms with van der Waals surface area (Å²) in [6, 6.07) is 7.98. The Labute approximate surface area is 114 Å².